The van der Waals surface area contributed by atoms with Crippen LogP contribution < -0.4 is 4.74 Å². The summed E-state index contributed by atoms with van der Waals surface area (Å²) in [4.78, 5) is 26.1. The summed E-state index contributed by atoms with van der Waals surface area (Å²) in [5, 5.41) is 0.257. The van der Waals surface area contributed by atoms with Gasteiger partial charge in [0.05, 0.1) is 17.9 Å². The number of nitrogens with zero attached hydrogens (tertiary/aromatic N) is 2. The average Bonchev–Trinajstić information content (AvgIpc) is 2.64. The first-order chi connectivity index (χ1) is 12.8. The third-order valence-electron chi connectivity index (χ3n) is 3.89. The molecular formula is C17H15ClN2O6S. The summed E-state index contributed by atoms with van der Waals surface area (Å²) in [5.41, 5.74) is 0.228. The van der Waals surface area contributed by atoms with Crippen molar-refractivity contribution in [3.05, 3.63) is 52.7 Å². The smallest absolute Gasteiger partial charge is 0.342 e. The van der Waals surface area contributed by atoms with Crippen LogP contribution in [0.3, 0.4) is 0 Å². The minimum Gasteiger partial charge on any atom is -0.495 e. The molecule has 0 saturated carbocycles. The molecule has 0 saturated heterocycles. The van der Waals surface area contributed by atoms with Gasteiger partial charge in [-0.1, -0.05) is 11.6 Å². The third kappa shape index (κ3) is 4.20. The first-order valence-corrected chi connectivity index (χ1v) is 9.81. The van der Waals surface area contributed by atoms with Crippen molar-refractivity contribution >= 4 is 39.2 Å². The average molecular weight is 411 g/mol. The van der Waals surface area contributed by atoms with Gasteiger partial charge in [-0.3, -0.25) is 4.79 Å². The van der Waals surface area contributed by atoms with Crippen molar-refractivity contribution in [2.45, 2.75) is 0 Å². The normalized spacial score (nSPS) is 17.5. The van der Waals surface area contributed by atoms with Crippen LogP contribution in [0.5, 0.6) is 5.75 Å². The second kappa shape index (κ2) is 7.53. The highest BCUT2D eigenvalue weighted by atomic mass is 35.5. The van der Waals surface area contributed by atoms with E-state index in [1.54, 1.807) is 17.2 Å². The number of amidine groups is 1. The van der Waals surface area contributed by atoms with Crippen LogP contribution in [0.25, 0.3) is 0 Å². The first kappa shape index (κ1) is 19.1. The number of ketones is 1. The van der Waals surface area contributed by atoms with Crippen LogP contribution in [0.4, 0.5) is 0 Å². The Morgan fingerprint density at radius 1 is 1.33 bits per heavy atom. The van der Waals surface area contributed by atoms with Gasteiger partial charge in [-0.25, -0.2) is 13.2 Å². The lowest BCUT2D eigenvalue weighted by atomic mass is 10.1. The van der Waals surface area contributed by atoms with E-state index in [0.717, 1.165) is 0 Å². The molecule has 0 bridgehead atoms. The van der Waals surface area contributed by atoms with E-state index < -0.39 is 28.4 Å². The van der Waals surface area contributed by atoms with E-state index >= 15 is 0 Å². The SMILES string of the molecule is COc1ccc(C(=O)COC(=O)C2=CC=CN3CCS(=O)(=O)N=C23)cc1Cl. The van der Waals surface area contributed by atoms with Crippen LogP contribution in [0.1, 0.15) is 10.4 Å². The van der Waals surface area contributed by atoms with Crippen LogP contribution in [-0.2, 0) is 19.6 Å². The number of halogens is 1. The molecule has 27 heavy (non-hydrogen) atoms. The Morgan fingerprint density at radius 2 is 2.11 bits per heavy atom. The van der Waals surface area contributed by atoms with Crippen molar-refractivity contribution in [2.24, 2.45) is 4.40 Å². The van der Waals surface area contributed by atoms with Gasteiger partial charge in [0.2, 0.25) is 0 Å². The fourth-order valence-electron chi connectivity index (χ4n) is 2.51. The molecule has 0 N–H and O–H groups in total. The number of rotatable bonds is 5. The number of benzene rings is 1. The minimum atomic E-state index is -3.63. The molecule has 10 heteroatoms. The summed E-state index contributed by atoms with van der Waals surface area (Å²) >= 11 is 5.98. The van der Waals surface area contributed by atoms with Gasteiger partial charge in [0, 0.05) is 18.3 Å². The van der Waals surface area contributed by atoms with E-state index in [9.17, 15) is 18.0 Å². The van der Waals surface area contributed by atoms with Crippen molar-refractivity contribution in [3.8, 4) is 5.75 Å². The lowest BCUT2D eigenvalue weighted by Gasteiger charge is -2.28. The molecular weight excluding hydrogens is 396 g/mol. The van der Waals surface area contributed by atoms with Gasteiger partial charge in [-0.05, 0) is 30.4 Å². The van der Waals surface area contributed by atoms with E-state index in [2.05, 4.69) is 4.40 Å². The monoisotopic (exact) mass is 410 g/mol. The van der Waals surface area contributed by atoms with Crippen molar-refractivity contribution in [2.75, 3.05) is 26.0 Å². The topological polar surface area (TPSA) is 102 Å². The molecule has 2 heterocycles. The van der Waals surface area contributed by atoms with Gasteiger partial charge >= 0.3 is 5.97 Å². The number of hydrogen-bond acceptors (Lipinski definition) is 7. The highest BCUT2D eigenvalue weighted by Crippen LogP contribution is 2.25. The summed E-state index contributed by atoms with van der Waals surface area (Å²) in [6.07, 6.45) is 4.60. The predicted octanol–water partition coefficient (Wildman–Crippen LogP) is 1.57. The van der Waals surface area contributed by atoms with Gasteiger partial charge in [0.15, 0.2) is 18.2 Å². The van der Waals surface area contributed by atoms with Crippen LogP contribution in [-0.4, -0.2) is 56.9 Å². The van der Waals surface area contributed by atoms with Crippen molar-refractivity contribution in [1.29, 1.82) is 0 Å². The van der Waals surface area contributed by atoms with E-state index in [4.69, 9.17) is 21.1 Å². The van der Waals surface area contributed by atoms with Crippen LogP contribution in [0, 0.1) is 0 Å². The molecule has 0 spiro atoms. The maximum atomic E-state index is 12.3. The molecule has 0 radical (unpaired) electrons. The number of ether oxygens (including phenoxy) is 2. The Hall–Kier alpha value is -2.65. The number of fused-ring (bicyclic) bond motifs is 1. The van der Waals surface area contributed by atoms with E-state index in [0.29, 0.717) is 5.75 Å². The predicted molar refractivity (Wildman–Crippen MR) is 98.4 cm³/mol. The molecule has 1 aromatic carbocycles. The van der Waals surface area contributed by atoms with Gasteiger partial charge in [-0.15, -0.1) is 4.40 Å². The molecule has 1 aromatic rings. The standard InChI is InChI=1S/C17H15ClN2O6S/c1-25-15-5-4-11(9-13(15)18)14(21)10-26-17(22)12-3-2-6-20-7-8-27(23,24)19-16(12)20/h2-6,9H,7-8,10H2,1H3. The molecule has 0 amide bonds. The fourth-order valence-corrected chi connectivity index (χ4v) is 3.75. The summed E-state index contributed by atoms with van der Waals surface area (Å²) in [6, 6.07) is 4.45. The zero-order chi connectivity index (χ0) is 19.6. The van der Waals surface area contributed by atoms with Gasteiger partial charge < -0.3 is 14.4 Å². The first-order valence-electron chi connectivity index (χ1n) is 7.83. The number of methoxy groups -OCH3 is 1. The van der Waals surface area contributed by atoms with Crippen molar-refractivity contribution < 1.29 is 27.5 Å². The molecule has 0 aliphatic carbocycles. The summed E-state index contributed by atoms with van der Waals surface area (Å²) in [5.74, 6) is -1.03. The summed E-state index contributed by atoms with van der Waals surface area (Å²) in [6.45, 7) is -0.339. The van der Waals surface area contributed by atoms with Gasteiger partial charge in [0.1, 0.15) is 11.3 Å². The molecule has 2 aliphatic heterocycles. The molecule has 3 rings (SSSR count). The number of esters is 1. The van der Waals surface area contributed by atoms with Crippen molar-refractivity contribution in [3.63, 3.8) is 0 Å². The number of carbonyl (C=O) groups excluding carboxylic acids is 2. The molecule has 142 valence electrons. The Morgan fingerprint density at radius 3 is 2.81 bits per heavy atom. The van der Waals surface area contributed by atoms with Crippen LogP contribution in [0.15, 0.2) is 46.5 Å². The summed E-state index contributed by atoms with van der Waals surface area (Å²) < 4.78 is 37.1. The molecule has 2 aliphatic rings. The Kier molecular flexibility index (Phi) is 5.33. The number of hydrogen-bond donors (Lipinski definition) is 0. The highest BCUT2D eigenvalue weighted by Gasteiger charge is 2.31. The largest absolute Gasteiger partial charge is 0.495 e. The number of carbonyl (C=O) groups is 2. The minimum absolute atomic E-state index is 0.00584. The zero-order valence-electron chi connectivity index (χ0n) is 14.2. The molecule has 0 fully saturated rings. The summed E-state index contributed by atoms with van der Waals surface area (Å²) in [7, 11) is -2.18. The molecule has 0 unspecified atom stereocenters. The maximum Gasteiger partial charge on any atom is 0.342 e. The van der Waals surface area contributed by atoms with Crippen LogP contribution in [0.2, 0.25) is 5.02 Å². The number of allylic oxidation sites excluding steroid dienone is 2. The highest BCUT2D eigenvalue weighted by molar-refractivity contribution is 7.90. The second-order valence-electron chi connectivity index (χ2n) is 5.66. The van der Waals surface area contributed by atoms with E-state index in [-0.39, 0.29) is 34.3 Å². The molecule has 8 nitrogen and oxygen atoms in total. The van der Waals surface area contributed by atoms with Gasteiger partial charge in [0.25, 0.3) is 10.0 Å². The zero-order valence-corrected chi connectivity index (χ0v) is 15.8. The quantitative estimate of drug-likeness (QED) is 0.536. The van der Waals surface area contributed by atoms with Crippen LogP contribution >= 0.6 is 11.6 Å². The molecule has 0 aromatic heterocycles. The number of sulfonamides is 1. The maximum absolute atomic E-state index is 12.3. The van der Waals surface area contributed by atoms with Gasteiger partial charge in [-0.2, -0.15) is 0 Å². The van der Waals surface area contributed by atoms with E-state index in [1.165, 1.54) is 31.4 Å². The Balaban J connectivity index is 1.71. The lowest BCUT2D eigenvalue weighted by Crippen LogP contribution is -2.40. The Bertz CT molecular complexity index is 997. The second-order valence-corrected chi connectivity index (χ2v) is 7.83. The number of Topliss-reactive ketones (excluding diaryl/α,β-unsaturated/α-hetero) is 1. The molecule has 0 atom stereocenters. The Labute approximate surface area is 160 Å². The van der Waals surface area contributed by atoms with Crippen molar-refractivity contribution in [1.82, 2.24) is 4.90 Å². The third-order valence-corrected chi connectivity index (χ3v) is 5.33. The van der Waals surface area contributed by atoms with E-state index in [1.807, 2.05) is 0 Å². The fraction of sp³-hybridized carbons (Fsp3) is 0.235. The lowest BCUT2D eigenvalue weighted by molar-refractivity contribution is -0.137.